The Kier molecular flexibility index (Phi) is 4.90. The van der Waals surface area contributed by atoms with E-state index in [0.29, 0.717) is 13.2 Å². The van der Waals surface area contributed by atoms with Gasteiger partial charge in [0, 0.05) is 20.2 Å². The van der Waals surface area contributed by atoms with Crippen LogP contribution in [0, 0.1) is 0 Å². The van der Waals surface area contributed by atoms with Crippen molar-refractivity contribution in [2.24, 2.45) is 0 Å². The number of likely N-dealkylation sites (N-methyl/N-ethyl adjacent to an activating group) is 1. The van der Waals surface area contributed by atoms with Gasteiger partial charge in [-0.3, -0.25) is 4.79 Å². The standard InChI is InChI=1S/C10H20N2O2/c1-11-9-5-3-4-6-12(10(9)13)7-8-14-2/h9,11H,3-8H2,1-2H3. The molecule has 1 saturated heterocycles. The molecular weight excluding hydrogens is 180 g/mol. The molecule has 0 spiro atoms. The molecule has 1 unspecified atom stereocenters. The maximum absolute atomic E-state index is 11.9. The van der Waals surface area contributed by atoms with E-state index < -0.39 is 0 Å². The molecule has 0 aromatic carbocycles. The van der Waals surface area contributed by atoms with E-state index >= 15 is 0 Å². The van der Waals surface area contributed by atoms with E-state index in [2.05, 4.69) is 5.32 Å². The van der Waals surface area contributed by atoms with Crippen LogP contribution in [0.5, 0.6) is 0 Å². The Morgan fingerprint density at radius 2 is 2.36 bits per heavy atom. The first kappa shape index (κ1) is 11.5. The highest BCUT2D eigenvalue weighted by molar-refractivity contribution is 5.82. The second kappa shape index (κ2) is 5.98. The van der Waals surface area contributed by atoms with Gasteiger partial charge in [0.15, 0.2) is 0 Å². The number of amides is 1. The van der Waals surface area contributed by atoms with Crippen LogP contribution in [0.2, 0.25) is 0 Å². The number of hydrogen-bond acceptors (Lipinski definition) is 3. The summed E-state index contributed by atoms with van der Waals surface area (Å²) in [4.78, 5) is 13.8. The Hall–Kier alpha value is -0.610. The molecule has 0 saturated carbocycles. The van der Waals surface area contributed by atoms with Gasteiger partial charge >= 0.3 is 0 Å². The van der Waals surface area contributed by atoms with Crippen LogP contribution in [-0.4, -0.2) is 50.7 Å². The third kappa shape index (κ3) is 2.96. The molecule has 1 aliphatic rings. The van der Waals surface area contributed by atoms with Gasteiger partial charge in [-0.25, -0.2) is 0 Å². The first-order valence-electron chi connectivity index (χ1n) is 5.24. The molecule has 1 N–H and O–H groups in total. The Bertz CT molecular complexity index is 185. The molecule has 1 fully saturated rings. The first-order valence-corrected chi connectivity index (χ1v) is 5.24. The van der Waals surface area contributed by atoms with Gasteiger partial charge in [0.25, 0.3) is 0 Å². The summed E-state index contributed by atoms with van der Waals surface area (Å²) in [5.41, 5.74) is 0. The highest BCUT2D eigenvalue weighted by Crippen LogP contribution is 2.11. The lowest BCUT2D eigenvalue weighted by Crippen LogP contribution is -2.45. The molecule has 1 aliphatic heterocycles. The van der Waals surface area contributed by atoms with Crippen molar-refractivity contribution in [2.45, 2.75) is 25.3 Å². The zero-order chi connectivity index (χ0) is 10.4. The normalized spacial score (nSPS) is 23.7. The third-order valence-corrected chi connectivity index (χ3v) is 2.69. The Morgan fingerprint density at radius 1 is 1.57 bits per heavy atom. The summed E-state index contributed by atoms with van der Waals surface area (Å²) in [6.07, 6.45) is 3.19. The Balaban J connectivity index is 2.49. The summed E-state index contributed by atoms with van der Waals surface area (Å²) in [6, 6.07) is 0.00866. The maximum atomic E-state index is 11.9. The van der Waals surface area contributed by atoms with E-state index in [9.17, 15) is 4.79 Å². The molecule has 4 heteroatoms. The van der Waals surface area contributed by atoms with Crippen molar-refractivity contribution in [3.05, 3.63) is 0 Å². The van der Waals surface area contributed by atoms with E-state index in [0.717, 1.165) is 25.8 Å². The molecule has 0 aromatic heterocycles. The van der Waals surface area contributed by atoms with Crippen LogP contribution >= 0.6 is 0 Å². The van der Waals surface area contributed by atoms with Gasteiger partial charge in [-0.15, -0.1) is 0 Å². The van der Waals surface area contributed by atoms with E-state index in [-0.39, 0.29) is 11.9 Å². The van der Waals surface area contributed by atoms with Gasteiger partial charge < -0.3 is 15.0 Å². The molecule has 1 amide bonds. The van der Waals surface area contributed by atoms with E-state index in [1.165, 1.54) is 0 Å². The predicted molar refractivity (Wildman–Crippen MR) is 55.2 cm³/mol. The van der Waals surface area contributed by atoms with Crippen LogP contribution in [-0.2, 0) is 9.53 Å². The van der Waals surface area contributed by atoms with Crippen molar-refractivity contribution in [3.63, 3.8) is 0 Å². The minimum Gasteiger partial charge on any atom is -0.383 e. The number of rotatable bonds is 4. The molecule has 82 valence electrons. The number of methoxy groups -OCH3 is 1. The summed E-state index contributed by atoms with van der Waals surface area (Å²) >= 11 is 0. The lowest BCUT2D eigenvalue weighted by Gasteiger charge is -2.23. The minimum atomic E-state index is 0.00866. The fourth-order valence-electron chi connectivity index (χ4n) is 1.80. The number of carbonyl (C=O) groups excluding carboxylic acids is 1. The molecule has 0 bridgehead atoms. The molecule has 0 aliphatic carbocycles. The molecule has 4 nitrogen and oxygen atoms in total. The third-order valence-electron chi connectivity index (χ3n) is 2.69. The quantitative estimate of drug-likeness (QED) is 0.706. The summed E-state index contributed by atoms with van der Waals surface area (Å²) in [5, 5.41) is 3.07. The van der Waals surface area contributed by atoms with Gasteiger partial charge in [0.2, 0.25) is 5.91 Å². The van der Waals surface area contributed by atoms with Crippen LogP contribution in [0.1, 0.15) is 19.3 Å². The monoisotopic (exact) mass is 200 g/mol. The second-order valence-electron chi connectivity index (χ2n) is 3.66. The second-order valence-corrected chi connectivity index (χ2v) is 3.66. The highest BCUT2D eigenvalue weighted by atomic mass is 16.5. The molecule has 14 heavy (non-hydrogen) atoms. The van der Waals surface area contributed by atoms with Crippen molar-refractivity contribution in [1.82, 2.24) is 10.2 Å². The molecule has 0 radical (unpaired) electrons. The molecular formula is C10H20N2O2. The maximum Gasteiger partial charge on any atom is 0.239 e. The summed E-state index contributed by atoms with van der Waals surface area (Å²) in [6.45, 7) is 2.22. The zero-order valence-electron chi connectivity index (χ0n) is 9.08. The zero-order valence-corrected chi connectivity index (χ0v) is 9.08. The number of nitrogens with zero attached hydrogens (tertiary/aromatic N) is 1. The van der Waals surface area contributed by atoms with Gasteiger partial charge in [0.1, 0.15) is 0 Å². The van der Waals surface area contributed by atoms with Crippen molar-refractivity contribution in [2.75, 3.05) is 33.9 Å². The predicted octanol–water partition coefficient (Wildman–Crippen LogP) is 0.233. The fourth-order valence-corrected chi connectivity index (χ4v) is 1.80. The minimum absolute atomic E-state index is 0.00866. The molecule has 1 heterocycles. The van der Waals surface area contributed by atoms with Crippen LogP contribution in [0.4, 0.5) is 0 Å². The van der Waals surface area contributed by atoms with Gasteiger partial charge in [-0.1, -0.05) is 0 Å². The number of hydrogen-bond donors (Lipinski definition) is 1. The van der Waals surface area contributed by atoms with E-state index in [1.54, 1.807) is 7.11 Å². The van der Waals surface area contributed by atoms with Crippen molar-refractivity contribution in [1.29, 1.82) is 0 Å². The Labute approximate surface area is 85.6 Å². The fraction of sp³-hybridized carbons (Fsp3) is 0.900. The average Bonchev–Trinajstić information content (AvgIpc) is 2.38. The number of likely N-dealkylation sites (tertiary alicyclic amines) is 1. The molecule has 1 rings (SSSR count). The van der Waals surface area contributed by atoms with Crippen LogP contribution in [0.15, 0.2) is 0 Å². The van der Waals surface area contributed by atoms with Crippen LogP contribution in [0.3, 0.4) is 0 Å². The van der Waals surface area contributed by atoms with Gasteiger partial charge in [-0.2, -0.15) is 0 Å². The van der Waals surface area contributed by atoms with Crippen molar-refractivity contribution < 1.29 is 9.53 Å². The van der Waals surface area contributed by atoms with E-state index in [1.807, 2.05) is 11.9 Å². The summed E-state index contributed by atoms with van der Waals surface area (Å²) < 4.78 is 4.99. The topological polar surface area (TPSA) is 41.6 Å². The lowest BCUT2D eigenvalue weighted by molar-refractivity contribution is -0.133. The van der Waals surface area contributed by atoms with Crippen LogP contribution < -0.4 is 5.32 Å². The van der Waals surface area contributed by atoms with Gasteiger partial charge in [0.05, 0.1) is 12.6 Å². The summed E-state index contributed by atoms with van der Waals surface area (Å²) in [5.74, 6) is 0.224. The lowest BCUT2D eigenvalue weighted by atomic mass is 10.1. The van der Waals surface area contributed by atoms with Crippen molar-refractivity contribution in [3.8, 4) is 0 Å². The Morgan fingerprint density at radius 3 is 3.00 bits per heavy atom. The van der Waals surface area contributed by atoms with Crippen molar-refractivity contribution >= 4 is 5.91 Å². The molecule has 0 aromatic rings. The number of nitrogens with one attached hydrogen (secondary N) is 1. The first-order chi connectivity index (χ1) is 6.79. The van der Waals surface area contributed by atoms with Gasteiger partial charge in [-0.05, 0) is 26.3 Å². The summed E-state index contributed by atoms with van der Waals surface area (Å²) in [7, 11) is 3.51. The number of ether oxygens (including phenoxy) is 1. The van der Waals surface area contributed by atoms with Crippen LogP contribution in [0.25, 0.3) is 0 Å². The highest BCUT2D eigenvalue weighted by Gasteiger charge is 2.24. The largest absolute Gasteiger partial charge is 0.383 e. The smallest absolute Gasteiger partial charge is 0.239 e. The number of carbonyl (C=O) groups is 1. The SMILES string of the molecule is CNC1CCCCN(CCOC)C1=O. The average molecular weight is 200 g/mol. The van der Waals surface area contributed by atoms with E-state index in [4.69, 9.17) is 4.74 Å². The molecule has 1 atom stereocenters.